The number of halogens is 1. The standard InChI is InChI=1S/C16H14FNO4/c1-3-10-4-5-15(20)18(8-10)9-11-6-13(17)12(7-14(11)19)16(21)22-2/h3-8,19H,1,9H2,2H3. The summed E-state index contributed by atoms with van der Waals surface area (Å²) in [6, 6.07) is 4.95. The van der Waals surface area contributed by atoms with Crippen molar-refractivity contribution in [2.45, 2.75) is 6.54 Å². The second-order valence-electron chi connectivity index (χ2n) is 4.59. The van der Waals surface area contributed by atoms with Crippen molar-refractivity contribution >= 4 is 12.0 Å². The molecule has 0 saturated heterocycles. The van der Waals surface area contributed by atoms with E-state index < -0.39 is 11.8 Å². The van der Waals surface area contributed by atoms with Crippen molar-refractivity contribution in [3.8, 4) is 5.75 Å². The highest BCUT2D eigenvalue weighted by atomic mass is 19.1. The molecular weight excluding hydrogens is 289 g/mol. The van der Waals surface area contributed by atoms with E-state index in [0.717, 1.165) is 19.2 Å². The van der Waals surface area contributed by atoms with Gasteiger partial charge in [0.2, 0.25) is 0 Å². The van der Waals surface area contributed by atoms with Crippen LogP contribution in [0.3, 0.4) is 0 Å². The van der Waals surface area contributed by atoms with Crippen molar-refractivity contribution in [1.82, 2.24) is 4.57 Å². The van der Waals surface area contributed by atoms with E-state index in [0.29, 0.717) is 5.56 Å². The van der Waals surface area contributed by atoms with Crippen molar-refractivity contribution in [2.24, 2.45) is 0 Å². The topological polar surface area (TPSA) is 68.5 Å². The average molecular weight is 303 g/mol. The van der Waals surface area contributed by atoms with Crippen LogP contribution in [0.5, 0.6) is 5.75 Å². The van der Waals surface area contributed by atoms with E-state index in [9.17, 15) is 19.1 Å². The van der Waals surface area contributed by atoms with Gasteiger partial charge in [-0.2, -0.15) is 0 Å². The first-order valence-electron chi connectivity index (χ1n) is 6.39. The highest BCUT2D eigenvalue weighted by molar-refractivity contribution is 5.90. The van der Waals surface area contributed by atoms with Gasteiger partial charge in [0.05, 0.1) is 19.2 Å². The number of hydrogen-bond acceptors (Lipinski definition) is 4. The molecule has 0 aliphatic rings. The summed E-state index contributed by atoms with van der Waals surface area (Å²) in [6.07, 6.45) is 3.11. The molecule has 0 saturated carbocycles. The van der Waals surface area contributed by atoms with Crippen LogP contribution in [0, 0.1) is 5.82 Å². The quantitative estimate of drug-likeness (QED) is 0.879. The van der Waals surface area contributed by atoms with E-state index in [4.69, 9.17) is 0 Å². The third kappa shape index (κ3) is 3.06. The molecule has 1 N–H and O–H groups in total. The van der Waals surface area contributed by atoms with Crippen LogP contribution in [-0.4, -0.2) is 22.8 Å². The molecule has 0 bridgehead atoms. The summed E-state index contributed by atoms with van der Waals surface area (Å²) in [5, 5.41) is 9.93. The maximum absolute atomic E-state index is 13.9. The van der Waals surface area contributed by atoms with Gasteiger partial charge < -0.3 is 14.4 Å². The monoisotopic (exact) mass is 303 g/mol. The fourth-order valence-electron chi connectivity index (χ4n) is 1.97. The Morgan fingerprint density at radius 3 is 2.82 bits per heavy atom. The van der Waals surface area contributed by atoms with Gasteiger partial charge in [-0.3, -0.25) is 4.79 Å². The molecule has 0 spiro atoms. The zero-order chi connectivity index (χ0) is 16.3. The molecule has 2 rings (SSSR count). The average Bonchev–Trinajstić information content (AvgIpc) is 2.51. The molecule has 0 atom stereocenters. The first-order chi connectivity index (χ1) is 10.5. The minimum atomic E-state index is -0.884. The largest absolute Gasteiger partial charge is 0.508 e. The number of pyridine rings is 1. The molecule has 1 heterocycles. The van der Waals surface area contributed by atoms with Crippen molar-refractivity contribution in [3.63, 3.8) is 0 Å². The molecule has 0 aliphatic carbocycles. The number of nitrogens with zero attached hydrogens (tertiary/aromatic N) is 1. The van der Waals surface area contributed by atoms with Gasteiger partial charge in [-0.05, 0) is 23.8 Å². The highest BCUT2D eigenvalue weighted by Crippen LogP contribution is 2.23. The van der Waals surface area contributed by atoms with Gasteiger partial charge in [-0.15, -0.1) is 0 Å². The predicted molar refractivity (Wildman–Crippen MR) is 79.3 cm³/mol. The number of phenols is 1. The second-order valence-corrected chi connectivity index (χ2v) is 4.59. The molecule has 0 amide bonds. The van der Waals surface area contributed by atoms with Crippen LogP contribution in [0.4, 0.5) is 4.39 Å². The molecule has 22 heavy (non-hydrogen) atoms. The van der Waals surface area contributed by atoms with E-state index in [1.807, 2.05) is 0 Å². The van der Waals surface area contributed by atoms with Crippen molar-refractivity contribution < 1.29 is 19.0 Å². The lowest BCUT2D eigenvalue weighted by atomic mass is 10.1. The maximum Gasteiger partial charge on any atom is 0.340 e. The van der Waals surface area contributed by atoms with Crippen LogP contribution in [0.2, 0.25) is 0 Å². The number of benzene rings is 1. The Kier molecular flexibility index (Phi) is 4.41. The van der Waals surface area contributed by atoms with Crippen LogP contribution in [0.15, 0.2) is 41.8 Å². The van der Waals surface area contributed by atoms with E-state index in [1.54, 1.807) is 18.3 Å². The Labute approximate surface area is 125 Å². The minimum Gasteiger partial charge on any atom is -0.508 e. The van der Waals surface area contributed by atoms with Crippen LogP contribution in [-0.2, 0) is 11.3 Å². The maximum atomic E-state index is 13.9. The van der Waals surface area contributed by atoms with Crippen LogP contribution >= 0.6 is 0 Å². The van der Waals surface area contributed by atoms with Crippen molar-refractivity contribution in [1.29, 1.82) is 0 Å². The lowest BCUT2D eigenvalue weighted by Crippen LogP contribution is -2.19. The first-order valence-corrected chi connectivity index (χ1v) is 6.39. The molecule has 6 heteroatoms. The summed E-state index contributed by atoms with van der Waals surface area (Å²) < 4.78 is 19.6. The summed E-state index contributed by atoms with van der Waals surface area (Å²) in [6.45, 7) is 3.57. The number of carbonyl (C=O) groups excluding carboxylic acids is 1. The number of carbonyl (C=O) groups is 1. The fraction of sp³-hybridized carbons (Fsp3) is 0.125. The van der Waals surface area contributed by atoms with Gasteiger partial charge >= 0.3 is 5.97 Å². The molecule has 1 aromatic carbocycles. The zero-order valence-corrected chi connectivity index (χ0v) is 11.9. The Morgan fingerprint density at radius 1 is 1.45 bits per heavy atom. The highest BCUT2D eigenvalue weighted by Gasteiger charge is 2.16. The first kappa shape index (κ1) is 15.5. The van der Waals surface area contributed by atoms with Crippen LogP contribution in [0.1, 0.15) is 21.5 Å². The number of esters is 1. The normalized spacial score (nSPS) is 10.3. The van der Waals surface area contributed by atoms with E-state index >= 15 is 0 Å². The molecule has 0 radical (unpaired) electrons. The Bertz CT molecular complexity index is 795. The number of phenolic OH excluding ortho intramolecular Hbond substituents is 1. The fourth-order valence-corrected chi connectivity index (χ4v) is 1.97. The lowest BCUT2D eigenvalue weighted by Gasteiger charge is -2.10. The summed E-state index contributed by atoms with van der Waals surface area (Å²) in [5.41, 5.74) is 0.220. The molecule has 1 aromatic heterocycles. The summed E-state index contributed by atoms with van der Waals surface area (Å²) in [4.78, 5) is 23.1. The summed E-state index contributed by atoms with van der Waals surface area (Å²) in [7, 11) is 1.12. The second kappa shape index (κ2) is 6.26. The third-order valence-electron chi connectivity index (χ3n) is 3.16. The molecule has 0 fully saturated rings. The minimum absolute atomic E-state index is 0.0370. The van der Waals surface area contributed by atoms with Crippen LogP contribution in [0.25, 0.3) is 6.08 Å². The molecule has 114 valence electrons. The third-order valence-corrected chi connectivity index (χ3v) is 3.16. The molecular formula is C16H14FNO4. The number of rotatable bonds is 4. The number of ether oxygens (including phenoxy) is 1. The molecule has 2 aromatic rings. The summed E-state index contributed by atoms with van der Waals surface area (Å²) >= 11 is 0. The van der Waals surface area contributed by atoms with Crippen LogP contribution < -0.4 is 5.56 Å². The number of hydrogen-bond donors (Lipinski definition) is 1. The number of methoxy groups -OCH3 is 1. The zero-order valence-electron chi connectivity index (χ0n) is 11.9. The van der Waals surface area contributed by atoms with Gasteiger partial charge in [0.1, 0.15) is 11.6 Å². The van der Waals surface area contributed by atoms with E-state index in [2.05, 4.69) is 11.3 Å². The Morgan fingerprint density at radius 2 is 2.18 bits per heavy atom. The lowest BCUT2D eigenvalue weighted by molar-refractivity contribution is 0.0595. The van der Waals surface area contributed by atoms with Gasteiger partial charge in [0.25, 0.3) is 5.56 Å². The SMILES string of the molecule is C=Cc1ccc(=O)n(Cc2cc(F)c(C(=O)OC)cc2O)c1. The number of aromatic nitrogens is 1. The molecule has 0 unspecified atom stereocenters. The van der Waals surface area contributed by atoms with Gasteiger partial charge in [-0.1, -0.05) is 12.7 Å². The molecule has 0 aliphatic heterocycles. The Balaban J connectivity index is 2.43. The van der Waals surface area contributed by atoms with E-state index in [1.165, 1.54) is 10.6 Å². The van der Waals surface area contributed by atoms with Crippen molar-refractivity contribution in [3.05, 3.63) is 69.9 Å². The van der Waals surface area contributed by atoms with E-state index in [-0.39, 0.29) is 29.0 Å². The predicted octanol–water partition coefficient (Wildman–Crippen LogP) is 2.17. The Hall–Kier alpha value is -2.89. The smallest absolute Gasteiger partial charge is 0.340 e. The molecule has 5 nitrogen and oxygen atoms in total. The van der Waals surface area contributed by atoms with Gasteiger partial charge in [0.15, 0.2) is 0 Å². The van der Waals surface area contributed by atoms with Gasteiger partial charge in [0, 0.05) is 17.8 Å². The number of aromatic hydroxyl groups is 1. The van der Waals surface area contributed by atoms with Gasteiger partial charge in [-0.25, -0.2) is 9.18 Å². The van der Waals surface area contributed by atoms with Crippen molar-refractivity contribution in [2.75, 3.05) is 7.11 Å². The summed E-state index contributed by atoms with van der Waals surface area (Å²) in [5.74, 6) is -2.00.